The van der Waals surface area contributed by atoms with E-state index in [0.717, 1.165) is 35.9 Å². The van der Waals surface area contributed by atoms with Gasteiger partial charge in [0.1, 0.15) is 5.75 Å². The molecule has 0 aromatic heterocycles. The third-order valence-electron chi connectivity index (χ3n) is 6.65. The van der Waals surface area contributed by atoms with E-state index >= 15 is 0 Å². The van der Waals surface area contributed by atoms with E-state index in [1.54, 1.807) is 37.4 Å². The molecule has 0 spiro atoms. The number of benzene rings is 2. The van der Waals surface area contributed by atoms with Gasteiger partial charge in [-0.3, -0.25) is 9.59 Å². The lowest BCUT2D eigenvalue weighted by atomic mass is 9.93. The van der Waals surface area contributed by atoms with Crippen LogP contribution in [0.2, 0.25) is 5.02 Å². The van der Waals surface area contributed by atoms with Gasteiger partial charge in [0.25, 0.3) is 5.91 Å². The van der Waals surface area contributed by atoms with Gasteiger partial charge < -0.3 is 25.0 Å². The first-order valence-corrected chi connectivity index (χ1v) is 13.7. The lowest BCUT2D eigenvalue weighted by Crippen LogP contribution is -2.39. The zero-order chi connectivity index (χ0) is 26.6. The zero-order valence-corrected chi connectivity index (χ0v) is 22.8. The van der Waals surface area contributed by atoms with Crippen molar-refractivity contribution in [2.75, 3.05) is 25.6 Å². The van der Waals surface area contributed by atoms with E-state index in [1.807, 2.05) is 35.4 Å². The van der Waals surface area contributed by atoms with Crippen molar-refractivity contribution in [1.29, 1.82) is 0 Å². The number of hydrogen-bond acceptors (Lipinski definition) is 7. The molecule has 1 saturated heterocycles. The number of carbonyl (C=O) groups is 2. The Morgan fingerprint density at radius 3 is 2.76 bits per heavy atom. The van der Waals surface area contributed by atoms with Crippen LogP contribution in [0.4, 0.5) is 5.69 Å². The number of aliphatic imine (C=N–C) groups is 1. The highest BCUT2D eigenvalue weighted by Crippen LogP contribution is 2.45. The molecule has 3 aliphatic rings. The number of carbonyl (C=O) groups excluding carboxylic acids is 2. The van der Waals surface area contributed by atoms with Gasteiger partial charge in [-0.05, 0) is 67.1 Å². The SMILES string of the molecule is COc1ccc(NC(=O)C2=C(C)N=C3SC=C(CC(=O)NC[C@H]4CCCO4)N3[C@@H]2c2cccc(Cl)c2)cc1. The minimum atomic E-state index is -0.508. The molecule has 0 aliphatic carbocycles. The van der Waals surface area contributed by atoms with Crippen LogP contribution >= 0.6 is 23.4 Å². The lowest BCUT2D eigenvalue weighted by Gasteiger charge is -2.36. The molecule has 2 aromatic rings. The average Bonchev–Trinajstić information content (AvgIpc) is 3.57. The Morgan fingerprint density at radius 1 is 1.24 bits per heavy atom. The molecule has 1 fully saturated rings. The molecular weight excluding hydrogens is 524 g/mol. The number of hydrogen-bond donors (Lipinski definition) is 2. The summed E-state index contributed by atoms with van der Waals surface area (Å²) in [6, 6.07) is 14.1. The molecular formula is C28H29ClN4O4S. The van der Waals surface area contributed by atoms with Gasteiger partial charge in [-0.2, -0.15) is 0 Å². The topological polar surface area (TPSA) is 92.3 Å². The molecule has 3 heterocycles. The normalized spacial score (nSPS) is 20.6. The molecule has 2 N–H and O–H groups in total. The predicted molar refractivity (Wildman–Crippen MR) is 150 cm³/mol. The number of nitrogens with one attached hydrogen (secondary N) is 2. The zero-order valence-electron chi connectivity index (χ0n) is 21.2. The van der Waals surface area contributed by atoms with Crippen LogP contribution < -0.4 is 15.4 Å². The average molecular weight is 553 g/mol. The summed E-state index contributed by atoms with van der Waals surface area (Å²) in [7, 11) is 1.59. The van der Waals surface area contributed by atoms with Crippen molar-refractivity contribution in [3.8, 4) is 5.75 Å². The summed E-state index contributed by atoms with van der Waals surface area (Å²) < 4.78 is 10.8. The smallest absolute Gasteiger partial charge is 0.255 e. The predicted octanol–water partition coefficient (Wildman–Crippen LogP) is 5.25. The van der Waals surface area contributed by atoms with Crippen LogP contribution in [0.25, 0.3) is 0 Å². The van der Waals surface area contributed by atoms with Crippen LogP contribution in [-0.4, -0.2) is 48.2 Å². The van der Waals surface area contributed by atoms with Crippen LogP contribution in [0.3, 0.4) is 0 Å². The number of nitrogens with zero attached hydrogens (tertiary/aromatic N) is 2. The number of methoxy groups -OCH3 is 1. The van der Waals surface area contributed by atoms with Gasteiger partial charge in [-0.15, -0.1) is 0 Å². The quantitative estimate of drug-likeness (QED) is 0.465. The third kappa shape index (κ3) is 5.75. The van der Waals surface area contributed by atoms with E-state index in [0.29, 0.717) is 34.3 Å². The van der Waals surface area contributed by atoms with Gasteiger partial charge in [0.2, 0.25) is 5.91 Å². The molecule has 5 rings (SSSR count). The molecule has 198 valence electrons. The Hall–Kier alpha value is -3.27. The molecule has 0 radical (unpaired) electrons. The molecule has 2 atom stereocenters. The third-order valence-corrected chi connectivity index (χ3v) is 7.77. The van der Waals surface area contributed by atoms with E-state index in [-0.39, 0.29) is 24.3 Å². The standard InChI is InChI=1S/C28H29ClN4O4S/c1-17-25(27(35)32-20-8-10-22(36-2)11-9-20)26(18-5-3-6-19(29)13-18)33-21(16-38-28(33)31-17)14-24(34)30-15-23-7-4-12-37-23/h3,5-6,8-11,13,16,23,26H,4,7,12,14-15H2,1-2H3,(H,30,34)(H,32,35)/t23-,26-/m1/s1. The molecule has 0 bridgehead atoms. The number of rotatable bonds is 8. The number of anilines is 1. The van der Waals surface area contributed by atoms with Gasteiger partial charge in [0.05, 0.1) is 36.9 Å². The second kappa shape index (κ2) is 11.6. The fourth-order valence-corrected chi connectivity index (χ4v) is 5.95. The van der Waals surface area contributed by atoms with Crippen LogP contribution in [0.15, 0.2) is 75.9 Å². The van der Waals surface area contributed by atoms with Crippen molar-refractivity contribution < 1.29 is 19.1 Å². The highest BCUT2D eigenvalue weighted by Gasteiger charge is 2.40. The maximum atomic E-state index is 13.7. The highest BCUT2D eigenvalue weighted by atomic mass is 35.5. The molecule has 10 heteroatoms. The number of allylic oxidation sites excluding steroid dienone is 1. The van der Waals surface area contributed by atoms with Crippen molar-refractivity contribution in [1.82, 2.24) is 10.2 Å². The number of amides is 2. The fraction of sp³-hybridized carbons (Fsp3) is 0.321. The highest BCUT2D eigenvalue weighted by molar-refractivity contribution is 8.16. The first-order chi connectivity index (χ1) is 18.4. The maximum Gasteiger partial charge on any atom is 0.255 e. The molecule has 2 amide bonds. The Balaban J connectivity index is 1.42. The number of amidine groups is 1. The number of fused-ring (bicyclic) bond motifs is 1. The summed E-state index contributed by atoms with van der Waals surface area (Å²) in [5.41, 5.74) is 3.33. The van der Waals surface area contributed by atoms with Crippen molar-refractivity contribution in [2.24, 2.45) is 4.99 Å². The molecule has 2 aromatic carbocycles. The van der Waals surface area contributed by atoms with Crippen LogP contribution in [0, 0.1) is 0 Å². The minimum absolute atomic E-state index is 0.0658. The van der Waals surface area contributed by atoms with Crippen molar-refractivity contribution >= 4 is 46.0 Å². The van der Waals surface area contributed by atoms with E-state index in [4.69, 9.17) is 26.1 Å². The molecule has 0 saturated carbocycles. The van der Waals surface area contributed by atoms with Crippen LogP contribution in [0.5, 0.6) is 5.75 Å². The second-order valence-corrected chi connectivity index (χ2v) is 10.5. The summed E-state index contributed by atoms with van der Waals surface area (Å²) >= 11 is 7.82. The first-order valence-electron chi connectivity index (χ1n) is 12.5. The van der Waals surface area contributed by atoms with Gasteiger partial charge in [-0.1, -0.05) is 35.5 Å². The summed E-state index contributed by atoms with van der Waals surface area (Å²) in [4.78, 5) is 33.3. The number of halogens is 1. The van der Waals surface area contributed by atoms with Crippen molar-refractivity contribution in [3.63, 3.8) is 0 Å². The molecule has 8 nitrogen and oxygen atoms in total. The Labute approximate surface area is 231 Å². The van der Waals surface area contributed by atoms with E-state index < -0.39 is 6.04 Å². The van der Waals surface area contributed by atoms with Gasteiger partial charge in [0, 0.05) is 29.6 Å². The summed E-state index contributed by atoms with van der Waals surface area (Å²) in [6.45, 7) is 3.06. The van der Waals surface area contributed by atoms with Gasteiger partial charge in [0.15, 0.2) is 5.17 Å². The second-order valence-electron chi connectivity index (χ2n) is 9.25. The van der Waals surface area contributed by atoms with E-state index in [9.17, 15) is 9.59 Å². The van der Waals surface area contributed by atoms with Crippen LogP contribution in [0.1, 0.15) is 37.8 Å². The Morgan fingerprint density at radius 2 is 2.05 bits per heavy atom. The van der Waals surface area contributed by atoms with E-state index in [1.165, 1.54) is 11.8 Å². The Kier molecular flexibility index (Phi) is 8.06. The largest absolute Gasteiger partial charge is 0.497 e. The van der Waals surface area contributed by atoms with Crippen molar-refractivity contribution in [2.45, 2.75) is 38.3 Å². The summed E-state index contributed by atoms with van der Waals surface area (Å²) in [5.74, 6) is 0.317. The van der Waals surface area contributed by atoms with Crippen LogP contribution in [-0.2, 0) is 14.3 Å². The van der Waals surface area contributed by atoms with Gasteiger partial charge in [-0.25, -0.2) is 4.99 Å². The number of thioether (sulfide) groups is 1. The maximum absolute atomic E-state index is 13.7. The fourth-order valence-electron chi connectivity index (χ4n) is 4.78. The minimum Gasteiger partial charge on any atom is -0.497 e. The number of ether oxygens (including phenoxy) is 2. The Bertz CT molecular complexity index is 1320. The molecule has 3 aliphatic heterocycles. The lowest BCUT2D eigenvalue weighted by molar-refractivity contribution is -0.121. The molecule has 38 heavy (non-hydrogen) atoms. The van der Waals surface area contributed by atoms with Gasteiger partial charge >= 0.3 is 0 Å². The first kappa shape index (κ1) is 26.3. The molecule has 0 unspecified atom stereocenters. The van der Waals surface area contributed by atoms with E-state index in [2.05, 4.69) is 10.6 Å². The van der Waals surface area contributed by atoms with Crippen molar-refractivity contribution in [3.05, 3.63) is 81.5 Å². The summed E-state index contributed by atoms with van der Waals surface area (Å²) in [5, 5.41) is 9.20. The monoisotopic (exact) mass is 552 g/mol. The summed E-state index contributed by atoms with van der Waals surface area (Å²) in [6.07, 6.45) is 2.19.